The molecule has 3 aromatic rings. The first-order valence-electron chi connectivity index (χ1n) is 7.02. The van der Waals surface area contributed by atoms with Crippen LogP contribution in [0.4, 0.5) is 0 Å². The molecule has 1 amide bonds. The molecule has 110 valence electrons. The summed E-state index contributed by atoms with van der Waals surface area (Å²) < 4.78 is 1.80. The van der Waals surface area contributed by atoms with Gasteiger partial charge in [-0.15, -0.1) is 0 Å². The van der Waals surface area contributed by atoms with Crippen molar-refractivity contribution in [3.8, 4) is 0 Å². The van der Waals surface area contributed by atoms with Crippen molar-refractivity contribution in [1.29, 1.82) is 0 Å². The highest BCUT2D eigenvalue weighted by molar-refractivity contribution is 5.99. The van der Waals surface area contributed by atoms with Crippen LogP contribution in [0, 0.1) is 0 Å². The summed E-state index contributed by atoms with van der Waals surface area (Å²) in [4.78, 5) is 16.3. The number of aromatic nitrogens is 2. The van der Waals surface area contributed by atoms with Crippen molar-refractivity contribution in [2.75, 3.05) is 0 Å². The molecule has 3 rings (SSSR count). The van der Waals surface area contributed by atoms with Gasteiger partial charge in [0.25, 0.3) is 5.91 Å². The Morgan fingerprint density at radius 2 is 1.86 bits per heavy atom. The standard InChI is InChI=1S/C17H16N4O/c1-13(14-7-3-2-4-8-14)19-20-17(22)11-21-12-18-15-9-5-6-10-16(15)21/h2-10,12H,11H2,1H3,(H,20,22). The van der Waals surface area contributed by atoms with Crippen molar-refractivity contribution < 1.29 is 4.79 Å². The van der Waals surface area contributed by atoms with Gasteiger partial charge in [-0.25, -0.2) is 10.4 Å². The molecule has 2 aromatic carbocycles. The van der Waals surface area contributed by atoms with Crippen LogP contribution in [-0.2, 0) is 11.3 Å². The van der Waals surface area contributed by atoms with Gasteiger partial charge in [0.05, 0.1) is 23.1 Å². The third-order valence-corrected chi connectivity index (χ3v) is 3.38. The number of carbonyl (C=O) groups is 1. The highest BCUT2D eigenvalue weighted by Gasteiger charge is 2.06. The summed E-state index contributed by atoms with van der Waals surface area (Å²) >= 11 is 0. The number of hydrazone groups is 1. The fraction of sp³-hybridized carbons (Fsp3) is 0.118. The Bertz CT molecular complexity index is 821. The van der Waals surface area contributed by atoms with Crippen molar-refractivity contribution in [3.05, 3.63) is 66.5 Å². The zero-order valence-corrected chi connectivity index (χ0v) is 12.2. The Labute approximate surface area is 128 Å². The van der Waals surface area contributed by atoms with Crippen molar-refractivity contribution in [1.82, 2.24) is 15.0 Å². The number of nitrogens with one attached hydrogen (secondary N) is 1. The van der Waals surface area contributed by atoms with E-state index in [1.54, 1.807) is 10.9 Å². The Balaban J connectivity index is 1.68. The largest absolute Gasteiger partial charge is 0.321 e. The molecule has 0 bridgehead atoms. The lowest BCUT2D eigenvalue weighted by Gasteiger charge is -2.04. The molecule has 5 nitrogen and oxygen atoms in total. The molecule has 1 heterocycles. The van der Waals surface area contributed by atoms with Gasteiger partial charge < -0.3 is 4.57 Å². The molecule has 0 radical (unpaired) electrons. The summed E-state index contributed by atoms with van der Waals surface area (Å²) in [6.07, 6.45) is 1.66. The van der Waals surface area contributed by atoms with E-state index in [2.05, 4.69) is 15.5 Å². The number of benzene rings is 2. The molecular formula is C17H16N4O. The lowest BCUT2D eigenvalue weighted by molar-refractivity contribution is -0.121. The lowest BCUT2D eigenvalue weighted by Crippen LogP contribution is -2.24. The minimum absolute atomic E-state index is 0.182. The first-order chi connectivity index (χ1) is 10.7. The molecule has 0 aliphatic carbocycles. The third-order valence-electron chi connectivity index (χ3n) is 3.38. The van der Waals surface area contributed by atoms with E-state index in [9.17, 15) is 4.79 Å². The first-order valence-corrected chi connectivity index (χ1v) is 7.02. The summed E-state index contributed by atoms with van der Waals surface area (Å²) in [6.45, 7) is 2.05. The Kier molecular flexibility index (Phi) is 3.96. The maximum absolute atomic E-state index is 12.0. The average molecular weight is 292 g/mol. The van der Waals surface area contributed by atoms with Crippen LogP contribution in [0.1, 0.15) is 12.5 Å². The highest BCUT2D eigenvalue weighted by Crippen LogP contribution is 2.11. The normalized spacial score (nSPS) is 11.6. The van der Waals surface area contributed by atoms with Gasteiger partial charge in [0, 0.05) is 0 Å². The minimum atomic E-state index is -0.182. The van der Waals surface area contributed by atoms with Crippen LogP contribution < -0.4 is 5.43 Å². The smallest absolute Gasteiger partial charge is 0.260 e. The molecule has 0 aliphatic heterocycles. The van der Waals surface area contributed by atoms with Crippen LogP contribution in [0.2, 0.25) is 0 Å². The molecule has 5 heteroatoms. The maximum atomic E-state index is 12.0. The number of fused-ring (bicyclic) bond motifs is 1. The summed E-state index contributed by atoms with van der Waals surface area (Å²) in [6, 6.07) is 17.4. The van der Waals surface area contributed by atoms with Gasteiger partial charge in [0.15, 0.2) is 0 Å². The van der Waals surface area contributed by atoms with Gasteiger partial charge in [-0.2, -0.15) is 5.10 Å². The zero-order chi connectivity index (χ0) is 15.4. The van der Waals surface area contributed by atoms with Crippen molar-refractivity contribution in [3.63, 3.8) is 0 Å². The van der Waals surface area contributed by atoms with Crippen LogP contribution in [0.15, 0.2) is 66.0 Å². The van der Waals surface area contributed by atoms with Gasteiger partial charge in [-0.3, -0.25) is 4.79 Å². The van der Waals surface area contributed by atoms with Crippen LogP contribution in [0.3, 0.4) is 0 Å². The number of amides is 1. The molecular weight excluding hydrogens is 276 g/mol. The summed E-state index contributed by atoms with van der Waals surface area (Å²) in [5.41, 5.74) is 6.14. The second kappa shape index (κ2) is 6.22. The van der Waals surface area contributed by atoms with E-state index < -0.39 is 0 Å². The highest BCUT2D eigenvalue weighted by atomic mass is 16.2. The van der Waals surface area contributed by atoms with E-state index in [1.807, 2.05) is 61.5 Å². The topological polar surface area (TPSA) is 59.3 Å². The number of imidazole rings is 1. The third kappa shape index (κ3) is 3.03. The van der Waals surface area contributed by atoms with Gasteiger partial charge in [0.1, 0.15) is 6.54 Å². The van der Waals surface area contributed by atoms with E-state index in [1.165, 1.54) is 0 Å². The average Bonchev–Trinajstić information content (AvgIpc) is 2.97. The van der Waals surface area contributed by atoms with Crippen LogP contribution in [0.5, 0.6) is 0 Å². The zero-order valence-electron chi connectivity index (χ0n) is 12.2. The molecule has 1 N–H and O–H groups in total. The Morgan fingerprint density at radius 1 is 1.14 bits per heavy atom. The fourth-order valence-corrected chi connectivity index (χ4v) is 2.22. The molecule has 0 fully saturated rings. The molecule has 0 saturated carbocycles. The Morgan fingerprint density at radius 3 is 2.68 bits per heavy atom. The van der Waals surface area contributed by atoms with Crippen molar-refractivity contribution >= 4 is 22.7 Å². The molecule has 0 aliphatic rings. The van der Waals surface area contributed by atoms with Gasteiger partial charge in [0.2, 0.25) is 0 Å². The van der Waals surface area contributed by atoms with E-state index >= 15 is 0 Å². The van der Waals surface area contributed by atoms with Gasteiger partial charge in [-0.05, 0) is 24.6 Å². The lowest BCUT2D eigenvalue weighted by atomic mass is 10.1. The van der Waals surface area contributed by atoms with E-state index in [0.29, 0.717) is 0 Å². The molecule has 0 atom stereocenters. The predicted octanol–water partition coefficient (Wildman–Crippen LogP) is 2.58. The number of nitrogens with zero attached hydrogens (tertiary/aromatic N) is 3. The van der Waals surface area contributed by atoms with Crippen molar-refractivity contribution in [2.45, 2.75) is 13.5 Å². The van der Waals surface area contributed by atoms with E-state index in [0.717, 1.165) is 22.3 Å². The van der Waals surface area contributed by atoms with Crippen LogP contribution in [-0.4, -0.2) is 21.2 Å². The molecule has 0 unspecified atom stereocenters. The van der Waals surface area contributed by atoms with Crippen molar-refractivity contribution in [2.24, 2.45) is 5.10 Å². The summed E-state index contributed by atoms with van der Waals surface area (Å²) in [5.74, 6) is -0.182. The van der Waals surface area contributed by atoms with Crippen LogP contribution >= 0.6 is 0 Å². The van der Waals surface area contributed by atoms with Crippen LogP contribution in [0.25, 0.3) is 11.0 Å². The number of para-hydroxylation sites is 2. The maximum Gasteiger partial charge on any atom is 0.260 e. The number of rotatable bonds is 4. The monoisotopic (exact) mass is 292 g/mol. The summed E-state index contributed by atoms with van der Waals surface area (Å²) in [5, 5.41) is 4.14. The molecule has 22 heavy (non-hydrogen) atoms. The Hall–Kier alpha value is -2.95. The second-order valence-electron chi connectivity index (χ2n) is 4.96. The minimum Gasteiger partial charge on any atom is -0.321 e. The van der Waals surface area contributed by atoms with E-state index in [-0.39, 0.29) is 12.5 Å². The van der Waals surface area contributed by atoms with Gasteiger partial charge in [-0.1, -0.05) is 42.5 Å². The molecule has 0 saturated heterocycles. The molecule has 1 aromatic heterocycles. The number of hydrogen-bond donors (Lipinski definition) is 1. The molecule has 0 spiro atoms. The summed E-state index contributed by atoms with van der Waals surface area (Å²) in [7, 11) is 0. The fourth-order valence-electron chi connectivity index (χ4n) is 2.22. The predicted molar refractivity (Wildman–Crippen MR) is 86.5 cm³/mol. The first kappa shape index (κ1) is 14.0. The second-order valence-corrected chi connectivity index (χ2v) is 4.96. The SMILES string of the molecule is CC(=NNC(=O)Cn1cnc2ccccc21)c1ccccc1. The van der Waals surface area contributed by atoms with E-state index in [4.69, 9.17) is 0 Å². The number of carbonyl (C=O) groups excluding carboxylic acids is 1. The van der Waals surface area contributed by atoms with Gasteiger partial charge >= 0.3 is 0 Å². The number of hydrogen-bond acceptors (Lipinski definition) is 3. The quantitative estimate of drug-likeness (QED) is 0.593.